The van der Waals surface area contributed by atoms with Gasteiger partial charge in [0.25, 0.3) is 0 Å². The lowest BCUT2D eigenvalue weighted by Gasteiger charge is -2.29. The van der Waals surface area contributed by atoms with E-state index in [4.69, 9.17) is 0 Å². The lowest BCUT2D eigenvalue weighted by Crippen LogP contribution is -2.41. The van der Waals surface area contributed by atoms with Crippen molar-refractivity contribution in [2.75, 3.05) is 13.1 Å². The summed E-state index contributed by atoms with van der Waals surface area (Å²) >= 11 is 0. The predicted molar refractivity (Wildman–Crippen MR) is 46.2 cm³/mol. The largest absolute Gasteiger partial charge is 0.392 e. The summed E-state index contributed by atoms with van der Waals surface area (Å²) in [7, 11) is 2.79. The maximum atomic E-state index is 9.26. The Balaban J connectivity index is 2.32. The fourth-order valence-electron chi connectivity index (χ4n) is 1.35. The second-order valence-corrected chi connectivity index (χ2v) is 4.22. The van der Waals surface area contributed by atoms with Crippen LogP contribution in [0.2, 0.25) is 0 Å². The van der Waals surface area contributed by atoms with Crippen molar-refractivity contribution >= 4 is 9.24 Å². The Morgan fingerprint density at radius 2 is 2.30 bits per heavy atom. The van der Waals surface area contributed by atoms with Crippen LogP contribution in [0.1, 0.15) is 13.3 Å². The minimum absolute atomic E-state index is 0.123. The molecule has 0 aromatic carbocycles. The molecule has 0 bridgehead atoms. The van der Waals surface area contributed by atoms with Crippen molar-refractivity contribution in [2.24, 2.45) is 5.92 Å². The Hall–Kier alpha value is 0.350. The van der Waals surface area contributed by atoms with Crippen LogP contribution in [0.5, 0.6) is 0 Å². The van der Waals surface area contributed by atoms with E-state index in [0.717, 1.165) is 19.5 Å². The van der Waals surface area contributed by atoms with Crippen molar-refractivity contribution in [1.29, 1.82) is 0 Å². The first-order chi connectivity index (χ1) is 4.70. The first-order valence-corrected chi connectivity index (χ1v) is 4.51. The van der Waals surface area contributed by atoms with E-state index in [9.17, 15) is 5.11 Å². The van der Waals surface area contributed by atoms with Crippen LogP contribution in [0.4, 0.5) is 0 Å². The molecule has 10 heavy (non-hydrogen) atoms. The van der Waals surface area contributed by atoms with E-state index in [2.05, 4.69) is 21.5 Å². The molecule has 0 radical (unpaired) electrons. The second kappa shape index (κ2) is 3.66. The van der Waals surface area contributed by atoms with Crippen molar-refractivity contribution < 1.29 is 5.11 Å². The SMILES string of the molecule is CC(P)C1CNCC(O)C1. The smallest absolute Gasteiger partial charge is 0.0667 e. The number of rotatable bonds is 1. The van der Waals surface area contributed by atoms with E-state index in [0.29, 0.717) is 11.6 Å². The zero-order chi connectivity index (χ0) is 7.56. The third-order valence-corrected chi connectivity index (χ3v) is 2.65. The third-order valence-electron chi connectivity index (χ3n) is 2.10. The number of β-amino-alcohol motifs (C(OH)–C–C–N with tert-alkyl or cyclic N) is 1. The highest BCUT2D eigenvalue weighted by Gasteiger charge is 2.21. The molecule has 4 unspecified atom stereocenters. The van der Waals surface area contributed by atoms with Gasteiger partial charge in [-0.25, -0.2) is 0 Å². The molecule has 2 N–H and O–H groups in total. The van der Waals surface area contributed by atoms with Crippen molar-refractivity contribution in [3.63, 3.8) is 0 Å². The lowest BCUT2D eigenvalue weighted by molar-refractivity contribution is 0.114. The number of hydrogen-bond donors (Lipinski definition) is 2. The van der Waals surface area contributed by atoms with E-state index in [1.165, 1.54) is 0 Å². The summed E-state index contributed by atoms with van der Waals surface area (Å²) in [5.41, 5.74) is 0.613. The van der Waals surface area contributed by atoms with Gasteiger partial charge >= 0.3 is 0 Å². The van der Waals surface area contributed by atoms with Gasteiger partial charge in [0.15, 0.2) is 0 Å². The van der Waals surface area contributed by atoms with Gasteiger partial charge in [0.05, 0.1) is 6.10 Å². The molecule has 0 aromatic rings. The highest BCUT2D eigenvalue weighted by molar-refractivity contribution is 7.17. The van der Waals surface area contributed by atoms with Crippen molar-refractivity contribution in [2.45, 2.75) is 25.1 Å². The molecular formula is C7H16NOP. The average molecular weight is 161 g/mol. The molecule has 1 rings (SSSR count). The molecule has 2 nitrogen and oxygen atoms in total. The Morgan fingerprint density at radius 1 is 1.60 bits per heavy atom. The number of nitrogens with one attached hydrogen (secondary N) is 1. The highest BCUT2D eigenvalue weighted by Crippen LogP contribution is 2.19. The molecule has 4 atom stereocenters. The van der Waals surface area contributed by atoms with Crippen molar-refractivity contribution in [3.05, 3.63) is 0 Å². The predicted octanol–water partition coefficient (Wildman–Crippen LogP) is 0.220. The molecule has 60 valence electrons. The summed E-state index contributed by atoms with van der Waals surface area (Å²) in [6.07, 6.45) is 0.833. The molecule has 3 heteroatoms. The summed E-state index contributed by atoms with van der Waals surface area (Å²) in [5.74, 6) is 0.633. The monoisotopic (exact) mass is 161 g/mol. The summed E-state index contributed by atoms with van der Waals surface area (Å²) in [6.45, 7) is 4.00. The van der Waals surface area contributed by atoms with Crippen LogP contribution in [0.25, 0.3) is 0 Å². The molecule has 0 saturated carbocycles. The van der Waals surface area contributed by atoms with E-state index in [1.54, 1.807) is 0 Å². The van der Waals surface area contributed by atoms with Gasteiger partial charge in [-0.3, -0.25) is 0 Å². The van der Waals surface area contributed by atoms with Crippen LogP contribution < -0.4 is 5.32 Å². The quantitative estimate of drug-likeness (QED) is 0.539. The first kappa shape index (κ1) is 8.45. The zero-order valence-corrected chi connectivity index (χ0v) is 7.53. The fourth-order valence-corrected chi connectivity index (χ4v) is 1.65. The lowest BCUT2D eigenvalue weighted by atomic mass is 9.95. The Bertz CT molecular complexity index is 108. The molecule has 0 aromatic heterocycles. The van der Waals surface area contributed by atoms with E-state index in [1.807, 2.05) is 0 Å². The summed E-state index contributed by atoms with van der Waals surface area (Å²) in [6, 6.07) is 0. The molecular weight excluding hydrogens is 145 g/mol. The molecule has 1 fully saturated rings. The van der Waals surface area contributed by atoms with E-state index in [-0.39, 0.29) is 6.10 Å². The zero-order valence-electron chi connectivity index (χ0n) is 6.38. The van der Waals surface area contributed by atoms with Crippen molar-refractivity contribution in [3.8, 4) is 0 Å². The van der Waals surface area contributed by atoms with Crippen LogP contribution in [0.15, 0.2) is 0 Å². The second-order valence-electron chi connectivity index (χ2n) is 3.17. The van der Waals surface area contributed by atoms with Crippen LogP contribution >= 0.6 is 9.24 Å². The van der Waals surface area contributed by atoms with Crippen LogP contribution in [-0.2, 0) is 0 Å². The van der Waals surface area contributed by atoms with Gasteiger partial charge in [-0.2, -0.15) is 0 Å². The molecule has 1 aliphatic rings. The van der Waals surface area contributed by atoms with Gasteiger partial charge < -0.3 is 10.4 Å². The van der Waals surface area contributed by atoms with E-state index >= 15 is 0 Å². The Labute approximate surface area is 64.6 Å². The Kier molecular flexibility index (Phi) is 3.09. The van der Waals surface area contributed by atoms with Crippen LogP contribution in [0, 0.1) is 5.92 Å². The number of aliphatic hydroxyl groups excluding tert-OH is 1. The molecule has 0 aliphatic carbocycles. The Morgan fingerprint density at radius 3 is 2.70 bits per heavy atom. The summed E-state index contributed by atoms with van der Waals surface area (Å²) in [4.78, 5) is 0. The standard InChI is InChI=1S/C7H16NOP/c1-5(10)6-2-7(9)4-8-3-6/h5-9H,2-4,10H2,1H3. The van der Waals surface area contributed by atoms with Crippen LogP contribution in [0.3, 0.4) is 0 Å². The summed E-state index contributed by atoms with van der Waals surface area (Å²) in [5, 5.41) is 12.5. The average Bonchev–Trinajstić information content (AvgIpc) is 1.88. The molecule has 0 amide bonds. The number of hydrogen-bond acceptors (Lipinski definition) is 2. The van der Waals surface area contributed by atoms with Gasteiger partial charge in [0.2, 0.25) is 0 Å². The van der Waals surface area contributed by atoms with Gasteiger partial charge in [-0.1, -0.05) is 6.92 Å². The normalized spacial score (nSPS) is 37.5. The van der Waals surface area contributed by atoms with Crippen LogP contribution in [-0.4, -0.2) is 30.0 Å². The van der Waals surface area contributed by atoms with Gasteiger partial charge in [0, 0.05) is 6.54 Å². The van der Waals surface area contributed by atoms with Crippen molar-refractivity contribution in [1.82, 2.24) is 5.32 Å². The number of aliphatic hydroxyl groups is 1. The molecule has 1 aliphatic heterocycles. The highest BCUT2D eigenvalue weighted by atomic mass is 31.0. The minimum Gasteiger partial charge on any atom is -0.392 e. The maximum absolute atomic E-state index is 9.26. The van der Waals surface area contributed by atoms with Gasteiger partial charge in [-0.05, 0) is 24.5 Å². The molecule has 1 saturated heterocycles. The number of piperidine rings is 1. The first-order valence-electron chi connectivity index (χ1n) is 3.84. The minimum atomic E-state index is -0.123. The molecule has 1 heterocycles. The topological polar surface area (TPSA) is 32.3 Å². The van der Waals surface area contributed by atoms with E-state index < -0.39 is 0 Å². The fraction of sp³-hybridized carbons (Fsp3) is 1.00. The third kappa shape index (κ3) is 2.19. The van der Waals surface area contributed by atoms with Gasteiger partial charge in [-0.15, -0.1) is 9.24 Å². The molecule has 0 spiro atoms. The van der Waals surface area contributed by atoms with Gasteiger partial charge in [0.1, 0.15) is 0 Å². The summed E-state index contributed by atoms with van der Waals surface area (Å²) < 4.78 is 0. The maximum Gasteiger partial charge on any atom is 0.0667 e.